The Hall–Kier alpha value is -1.73. The fraction of sp³-hybridized carbons (Fsp3) is 0.154. The van der Waals surface area contributed by atoms with Crippen molar-refractivity contribution in [1.29, 1.82) is 0 Å². The quantitative estimate of drug-likeness (QED) is 0.373. The Balaban J connectivity index is 2.18. The molecule has 0 radical (unpaired) electrons. The molecule has 1 heterocycles. The summed E-state index contributed by atoms with van der Waals surface area (Å²) < 4.78 is 11.9. The van der Waals surface area contributed by atoms with E-state index in [0.29, 0.717) is 23.7 Å². The van der Waals surface area contributed by atoms with Crippen molar-refractivity contribution in [2.24, 2.45) is 10.9 Å². The highest BCUT2D eigenvalue weighted by atomic mass is 79.9. The Bertz CT molecular complexity index is 628. The lowest BCUT2D eigenvalue weighted by atomic mass is 10.2. The molecule has 0 saturated carbocycles. The first kappa shape index (κ1) is 14.7. The van der Waals surface area contributed by atoms with Crippen LogP contribution in [0.5, 0.6) is 11.5 Å². The number of benzene rings is 1. The molecule has 0 amide bonds. The first-order valence-corrected chi connectivity index (χ1v) is 7.27. The van der Waals surface area contributed by atoms with Crippen molar-refractivity contribution in [2.45, 2.75) is 6.61 Å². The molecule has 7 heteroatoms. The van der Waals surface area contributed by atoms with Crippen molar-refractivity contribution < 1.29 is 14.7 Å². The van der Waals surface area contributed by atoms with Gasteiger partial charge in [0.15, 0.2) is 5.84 Å². The fourth-order valence-electron chi connectivity index (χ4n) is 1.56. The van der Waals surface area contributed by atoms with E-state index in [4.69, 9.17) is 20.4 Å². The molecule has 3 N–H and O–H groups in total. The SMILES string of the molecule is COc1cc(OCc2ccc(Br)s2)cc(/C(N)=N/O)c1. The molecule has 2 aromatic rings. The van der Waals surface area contributed by atoms with Gasteiger partial charge in [-0.1, -0.05) is 5.16 Å². The number of halogens is 1. The van der Waals surface area contributed by atoms with Crippen LogP contribution in [0.25, 0.3) is 0 Å². The van der Waals surface area contributed by atoms with Gasteiger partial charge in [0, 0.05) is 16.5 Å². The van der Waals surface area contributed by atoms with Crippen LogP contribution in [-0.4, -0.2) is 18.2 Å². The number of amidine groups is 1. The summed E-state index contributed by atoms with van der Waals surface area (Å²) in [6.07, 6.45) is 0. The third-order valence-electron chi connectivity index (χ3n) is 2.53. The Kier molecular flexibility index (Phi) is 4.86. The van der Waals surface area contributed by atoms with Crippen molar-refractivity contribution in [2.75, 3.05) is 7.11 Å². The standard InChI is InChI=1S/C13H13BrN2O3S/c1-18-9-4-8(13(15)16-17)5-10(6-9)19-7-11-2-3-12(14)20-11/h2-6,17H,7H2,1H3,(H2,15,16). The Morgan fingerprint density at radius 3 is 2.70 bits per heavy atom. The first-order chi connectivity index (χ1) is 9.62. The highest BCUT2D eigenvalue weighted by Crippen LogP contribution is 2.26. The summed E-state index contributed by atoms with van der Waals surface area (Å²) >= 11 is 5.01. The zero-order valence-corrected chi connectivity index (χ0v) is 13.1. The van der Waals surface area contributed by atoms with Gasteiger partial charge in [0.2, 0.25) is 0 Å². The lowest BCUT2D eigenvalue weighted by Crippen LogP contribution is -2.13. The number of oxime groups is 1. The van der Waals surface area contributed by atoms with E-state index >= 15 is 0 Å². The maximum Gasteiger partial charge on any atom is 0.170 e. The van der Waals surface area contributed by atoms with Crippen LogP contribution >= 0.6 is 27.3 Å². The fourth-order valence-corrected chi connectivity index (χ4v) is 2.96. The highest BCUT2D eigenvalue weighted by Gasteiger charge is 2.07. The van der Waals surface area contributed by atoms with E-state index in [1.54, 1.807) is 36.6 Å². The van der Waals surface area contributed by atoms with Gasteiger partial charge in [-0.15, -0.1) is 11.3 Å². The first-order valence-electron chi connectivity index (χ1n) is 5.66. The number of rotatable bonds is 5. The summed E-state index contributed by atoms with van der Waals surface area (Å²) in [5.41, 5.74) is 6.12. The average molecular weight is 357 g/mol. The zero-order chi connectivity index (χ0) is 14.5. The van der Waals surface area contributed by atoms with E-state index in [1.807, 2.05) is 12.1 Å². The monoisotopic (exact) mass is 356 g/mol. The summed E-state index contributed by atoms with van der Waals surface area (Å²) in [5, 5.41) is 11.7. The lowest BCUT2D eigenvalue weighted by molar-refractivity contribution is 0.306. The van der Waals surface area contributed by atoms with E-state index in [-0.39, 0.29) is 5.84 Å². The number of thiophene rings is 1. The molecule has 106 valence electrons. The molecule has 5 nitrogen and oxygen atoms in total. The van der Waals surface area contributed by atoms with Crippen LogP contribution in [0.2, 0.25) is 0 Å². The van der Waals surface area contributed by atoms with E-state index in [2.05, 4.69) is 21.1 Å². The van der Waals surface area contributed by atoms with Gasteiger partial charge in [0.1, 0.15) is 18.1 Å². The van der Waals surface area contributed by atoms with Gasteiger partial charge in [-0.2, -0.15) is 0 Å². The van der Waals surface area contributed by atoms with Crippen molar-refractivity contribution in [3.05, 3.63) is 44.6 Å². The largest absolute Gasteiger partial charge is 0.497 e. The third-order valence-corrected chi connectivity index (χ3v) is 4.13. The molecule has 0 unspecified atom stereocenters. The molecule has 1 aromatic carbocycles. The van der Waals surface area contributed by atoms with Crippen LogP contribution in [0.15, 0.2) is 39.3 Å². The van der Waals surface area contributed by atoms with Crippen molar-refractivity contribution in [3.8, 4) is 11.5 Å². The van der Waals surface area contributed by atoms with Crippen molar-refractivity contribution >= 4 is 33.1 Å². The van der Waals surface area contributed by atoms with E-state index < -0.39 is 0 Å². The van der Waals surface area contributed by atoms with E-state index in [9.17, 15) is 0 Å². The van der Waals surface area contributed by atoms with Crippen LogP contribution < -0.4 is 15.2 Å². The van der Waals surface area contributed by atoms with Crippen molar-refractivity contribution in [3.63, 3.8) is 0 Å². The summed E-state index contributed by atoms with van der Waals surface area (Å²) in [7, 11) is 1.55. The summed E-state index contributed by atoms with van der Waals surface area (Å²) in [6.45, 7) is 0.443. The number of ether oxygens (including phenoxy) is 2. The van der Waals surface area contributed by atoms with Gasteiger partial charge in [-0.3, -0.25) is 0 Å². The van der Waals surface area contributed by atoms with Gasteiger partial charge >= 0.3 is 0 Å². The minimum Gasteiger partial charge on any atom is -0.497 e. The molecule has 0 spiro atoms. The van der Waals surface area contributed by atoms with Crippen LogP contribution in [0, 0.1) is 0 Å². The van der Waals surface area contributed by atoms with Crippen molar-refractivity contribution in [1.82, 2.24) is 0 Å². The summed E-state index contributed by atoms with van der Waals surface area (Å²) in [5.74, 6) is 1.18. The third kappa shape index (κ3) is 3.64. The smallest absolute Gasteiger partial charge is 0.170 e. The normalized spacial score (nSPS) is 11.4. The Labute approximate surface area is 128 Å². The predicted molar refractivity (Wildman–Crippen MR) is 81.9 cm³/mol. The number of hydrogen-bond acceptors (Lipinski definition) is 5. The summed E-state index contributed by atoms with van der Waals surface area (Å²) in [4.78, 5) is 1.09. The molecule has 0 fully saturated rings. The molecule has 0 saturated heterocycles. The Morgan fingerprint density at radius 2 is 2.10 bits per heavy atom. The number of nitrogens with two attached hydrogens (primary N) is 1. The number of hydrogen-bond donors (Lipinski definition) is 2. The molecule has 0 aliphatic heterocycles. The minimum atomic E-state index is 0.00705. The minimum absolute atomic E-state index is 0.00705. The van der Waals surface area contributed by atoms with E-state index in [0.717, 1.165) is 8.66 Å². The maximum absolute atomic E-state index is 8.73. The maximum atomic E-state index is 8.73. The highest BCUT2D eigenvalue weighted by molar-refractivity contribution is 9.11. The van der Waals surface area contributed by atoms with Gasteiger partial charge in [-0.25, -0.2) is 0 Å². The zero-order valence-electron chi connectivity index (χ0n) is 10.7. The van der Waals surface area contributed by atoms with Gasteiger partial charge < -0.3 is 20.4 Å². The lowest BCUT2D eigenvalue weighted by Gasteiger charge is -2.09. The van der Waals surface area contributed by atoms with Crippen LogP contribution in [0.4, 0.5) is 0 Å². The second-order valence-corrected chi connectivity index (χ2v) is 6.42. The second kappa shape index (κ2) is 6.62. The molecule has 0 atom stereocenters. The van der Waals surface area contributed by atoms with Gasteiger partial charge in [-0.05, 0) is 40.2 Å². The Morgan fingerprint density at radius 1 is 1.35 bits per heavy atom. The van der Waals surface area contributed by atoms with Crippen LogP contribution in [-0.2, 0) is 6.61 Å². The molecule has 0 aliphatic rings. The topological polar surface area (TPSA) is 77.1 Å². The van der Waals surface area contributed by atoms with Gasteiger partial charge in [0.05, 0.1) is 10.9 Å². The molecule has 0 aliphatic carbocycles. The van der Waals surface area contributed by atoms with Crippen LogP contribution in [0.1, 0.15) is 10.4 Å². The number of methoxy groups -OCH3 is 1. The van der Waals surface area contributed by atoms with Gasteiger partial charge in [0.25, 0.3) is 0 Å². The molecule has 0 bridgehead atoms. The molecule has 1 aromatic heterocycles. The molecular weight excluding hydrogens is 344 g/mol. The second-order valence-electron chi connectivity index (χ2n) is 3.88. The predicted octanol–water partition coefficient (Wildman–Crippen LogP) is 3.19. The molecular formula is C13H13BrN2O3S. The number of nitrogens with zero attached hydrogens (tertiary/aromatic N) is 1. The van der Waals surface area contributed by atoms with Crippen LogP contribution in [0.3, 0.4) is 0 Å². The molecule has 20 heavy (non-hydrogen) atoms. The summed E-state index contributed by atoms with van der Waals surface area (Å²) in [6, 6.07) is 9.07. The average Bonchev–Trinajstić information content (AvgIpc) is 2.89. The molecule has 2 rings (SSSR count). The van der Waals surface area contributed by atoms with E-state index in [1.165, 1.54) is 0 Å².